The number of hydrogen-bond acceptors (Lipinski definition) is 5. The second-order valence-corrected chi connectivity index (χ2v) is 4.58. The number of hydrogen-bond donors (Lipinski definition) is 1. The number of halogens is 1. The Bertz CT molecular complexity index is 339. The smallest absolute Gasteiger partial charge is 0.222 e. The molecule has 1 aliphatic rings. The Labute approximate surface area is 92.1 Å². The standard InChI is InChI=1S/C9H13FN4S/c10-7-6-12-9(11)13-8(7)14-2-1-4-15-5-3-14/h6H,1-5H2,(H2,11,12,13). The van der Waals surface area contributed by atoms with E-state index in [1.54, 1.807) is 0 Å². The Morgan fingerprint density at radius 2 is 2.27 bits per heavy atom. The van der Waals surface area contributed by atoms with Gasteiger partial charge < -0.3 is 10.6 Å². The van der Waals surface area contributed by atoms with E-state index in [4.69, 9.17) is 5.73 Å². The summed E-state index contributed by atoms with van der Waals surface area (Å²) in [5.74, 6) is 2.20. The number of nitrogen functional groups attached to an aromatic ring is 1. The molecule has 2 rings (SSSR count). The van der Waals surface area contributed by atoms with Gasteiger partial charge in [0.05, 0.1) is 6.20 Å². The first-order valence-corrected chi connectivity index (χ1v) is 6.03. The van der Waals surface area contributed by atoms with Crippen LogP contribution in [0.15, 0.2) is 6.20 Å². The highest BCUT2D eigenvalue weighted by atomic mass is 32.2. The van der Waals surface area contributed by atoms with Crippen molar-refractivity contribution in [3.8, 4) is 0 Å². The number of aromatic nitrogens is 2. The fourth-order valence-electron chi connectivity index (χ4n) is 1.55. The summed E-state index contributed by atoms with van der Waals surface area (Å²) in [6, 6.07) is 0. The van der Waals surface area contributed by atoms with Crippen molar-refractivity contribution in [1.29, 1.82) is 0 Å². The van der Waals surface area contributed by atoms with Gasteiger partial charge >= 0.3 is 0 Å². The molecule has 1 fully saturated rings. The van der Waals surface area contributed by atoms with E-state index in [-0.39, 0.29) is 5.95 Å². The highest BCUT2D eigenvalue weighted by Crippen LogP contribution is 2.20. The van der Waals surface area contributed by atoms with Gasteiger partial charge in [0, 0.05) is 18.8 Å². The van der Waals surface area contributed by atoms with Crippen LogP contribution >= 0.6 is 11.8 Å². The average molecular weight is 228 g/mol. The van der Waals surface area contributed by atoms with Crippen LogP contribution in [-0.4, -0.2) is 34.6 Å². The van der Waals surface area contributed by atoms with Crippen LogP contribution in [0, 0.1) is 5.82 Å². The summed E-state index contributed by atoms with van der Waals surface area (Å²) in [6.45, 7) is 1.65. The molecule has 0 saturated carbocycles. The zero-order chi connectivity index (χ0) is 10.7. The molecule has 0 bridgehead atoms. The van der Waals surface area contributed by atoms with Gasteiger partial charge in [0.15, 0.2) is 11.6 Å². The van der Waals surface area contributed by atoms with Crippen LogP contribution in [0.4, 0.5) is 16.2 Å². The van der Waals surface area contributed by atoms with Gasteiger partial charge in [-0.05, 0) is 12.2 Å². The van der Waals surface area contributed by atoms with Crippen LogP contribution in [0.1, 0.15) is 6.42 Å². The minimum absolute atomic E-state index is 0.128. The monoisotopic (exact) mass is 228 g/mol. The summed E-state index contributed by atoms with van der Waals surface area (Å²) in [5, 5.41) is 0. The second-order valence-electron chi connectivity index (χ2n) is 3.35. The number of rotatable bonds is 1. The number of anilines is 2. The Morgan fingerprint density at radius 1 is 1.40 bits per heavy atom. The molecular formula is C9H13FN4S. The van der Waals surface area contributed by atoms with Crippen molar-refractivity contribution in [1.82, 2.24) is 9.97 Å². The lowest BCUT2D eigenvalue weighted by atomic mass is 10.4. The summed E-state index contributed by atoms with van der Waals surface area (Å²) < 4.78 is 13.5. The predicted molar refractivity (Wildman–Crippen MR) is 60.6 cm³/mol. The molecule has 0 aromatic carbocycles. The number of thioether (sulfide) groups is 1. The maximum atomic E-state index is 13.5. The Kier molecular flexibility index (Phi) is 3.25. The normalized spacial score (nSPS) is 17.5. The summed E-state index contributed by atoms with van der Waals surface area (Å²) in [4.78, 5) is 9.50. The van der Waals surface area contributed by atoms with Gasteiger partial charge in [-0.15, -0.1) is 0 Å². The SMILES string of the molecule is Nc1ncc(F)c(N2CCCSCC2)n1. The van der Waals surface area contributed by atoms with Gasteiger partial charge in [-0.3, -0.25) is 0 Å². The molecule has 0 unspecified atom stereocenters. The zero-order valence-corrected chi connectivity index (χ0v) is 9.13. The summed E-state index contributed by atoms with van der Waals surface area (Å²) in [6.07, 6.45) is 2.18. The van der Waals surface area contributed by atoms with E-state index in [0.717, 1.165) is 37.2 Å². The van der Waals surface area contributed by atoms with Crippen molar-refractivity contribution < 1.29 is 4.39 Å². The maximum absolute atomic E-state index is 13.5. The molecule has 1 aliphatic heterocycles. The van der Waals surface area contributed by atoms with E-state index < -0.39 is 5.82 Å². The lowest BCUT2D eigenvalue weighted by Gasteiger charge is -2.21. The van der Waals surface area contributed by atoms with Crippen LogP contribution in [0.2, 0.25) is 0 Å². The lowest BCUT2D eigenvalue weighted by Crippen LogP contribution is -2.27. The quantitative estimate of drug-likeness (QED) is 0.781. The van der Waals surface area contributed by atoms with E-state index in [1.165, 1.54) is 0 Å². The van der Waals surface area contributed by atoms with Crippen LogP contribution in [-0.2, 0) is 0 Å². The third-order valence-corrected chi connectivity index (χ3v) is 3.31. The molecular weight excluding hydrogens is 215 g/mol. The predicted octanol–water partition coefficient (Wildman–Crippen LogP) is 1.14. The van der Waals surface area contributed by atoms with Crippen molar-refractivity contribution in [2.24, 2.45) is 0 Å². The lowest BCUT2D eigenvalue weighted by molar-refractivity contribution is 0.604. The first kappa shape index (κ1) is 10.5. The van der Waals surface area contributed by atoms with Crippen LogP contribution in [0.3, 0.4) is 0 Å². The van der Waals surface area contributed by atoms with Crippen molar-refractivity contribution in [2.75, 3.05) is 35.2 Å². The largest absolute Gasteiger partial charge is 0.368 e. The molecule has 4 nitrogen and oxygen atoms in total. The third kappa shape index (κ3) is 2.50. The first-order chi connectivity index (χ1) is 7.27. The van der Waals surface area contributed by atoms with Crippen LogP contribution in [0.5, 0.6) is 0 Å². The van der Waals surface area contributed by atoms with E-state index >= 15 is 0 Å². The summed E-state index contributed by atoms with van der Waals surface area (Å²) >= 11 is 1.89. The molecule has 0 amide bonds. The highest BCUT2D eigenvalue weighted by molar-refractivity contribution is 7.99. The van der Waals surface area contributed by atoms with Crippen molar-refractivity contribution in [3.63, 3.8) is 0 Å². The molecule has 2 N–H and O–H groups in total. The summed E-state index contributed by atoms with van der Waals surface area (Å²) in [5.41, 5.74) is 5.45. The molecule has 6 heteroatoms. The van der Waals surface area contributed by atoms with Gasteiger partial charge in [0.25, 0.3) is 0 Å². The Hall–Kier alpha value is -1.04. The number of nitrogens with zero attached hydrogens (tertiary/aromatic N) is 3. The molecule has 1 aromatic rings. The highest BCUT2D eigenvalue weighted by Gasteiger charge is 2.15. The molecule has 82 valence electrons. The van der Waals surface area contributed by atoms with Crippen molar-refractivity contribution in [3.05, 3.63) is 12.0 Å². The zero-order valence-electron chi connectivity index (χ0n) is 8.32. The van der Waals surface area contributed by atoms with Crippen LogP contribution < -0.4 is 10.6 Å². The molecule has 0 spiro atoms. The average Bonchev–Trinajstić information content (AvgIpc) is 2.50. The second kappa shape index (κ2) is 4.65. The van der Waals surface area contributed by atoms with Crippen molar-refractivity contribution >= 4 is 23.5 Å². The van der Waals surface area contributed by atoms with Crippen LogP contribution in [0.25, 0.3) is 0 Å². The summed E-state index contributed by atoms with van der Waals surface area (Å²) in [7, 11) is 0. The topological polar surface area (TPSA) is 55.0 Å². The van der Waals surface area contributed by atoms with Crippen molar-refractivity contribution in [2.45, 2.75) is 6.42 Å². The van der Waals surface area contributed by atoms with E-state index in [2.05, 4.69) is 9.97 Å². The van der Waals surface area contributed by atoms with Gasteiger partial charge in [-0.1, -0.05) is 0 Å². The fraction of sp³-hybridized carbons (Fsp3) is 0.556. The molecule has 0 aliphatic carbocycles. The third-order valence-electron chi connectivity index (χ3n) is 2.27. The van der Waals surface area contributed by atoms with E-state index in [9.17, 15) is 4.39 Å². The van der Waals surface area contributed by atoms with Gasteiger partial charge in [0.1, 0.15) is 0 Å². The fourth-order valence-corrected chi connectivity index (χ4v) is 2.44. The molecule has 1 aromatic heterocycles. The molecule has 1 saturated heterocycles. The first-order valence-electron chi connectivity index (χ1n) is 4.88. The molecule has 2 heterocycles. The number of nitrogens with two attached hydrogens (primary N) is 1. The minimum Gasteiger partial charge on any atom is -0.368 e. The maximum Gasteiger partial charge on any atom is 0.222 e. The van der Waals surface area contributed by atoms with E-state index in [1.807, 2.05) is 16.7 Å². The van der Waals surface area contributed by atoms with Gasteiger partial charge in [-0.25, -0.2) is 9.37 Å². The molecule has 0 atom stereocenters. The van der Waals surface area contributed by atoms with E-state index in [0.29, 0.717) is 5.82 Å². The Morgan fingerprint density at radius 3 is 3.13 bits per heavy atom. The van der Waals surface area contributed by atoms with Gasteiger partial charge in [-0.2, -0.15) is 16.7 Å². The molecule has 15 heavy (non-hydrogen) atoms. The molecule has 0 radical (unpaired) electrons. The van der Waals surface area contributed by atoms with Gasteiger partial charge in [0.2, 0.25) is 5.95 Å². The Balaban J connectivity index is 2.22. The minimum atomic E-state index is -0.392.